The van der Waals surface area contributed by atoms with Crippen molar-refractivity contribution in [2.45, 2.75) is 24.5 Å². The molecule has 1 atom stereocenters. The standard InChI is InChI=1S/C11H18N2O3S/c1-2-11(14)12-8-5-10(9-12)17(15,16)13-6-3-4-7-13/h2,10H,1,3-9H2/t10-/m0/s1. The quantitative estimate of drug-likeness (QED) is 0.679. The monoisotopic (exact) mass is 258 g/mol. The molecule has 0 saturated carbocycles. The van der Waals surface area contributed by atoms with Crippen LogP contribution < -0.4 is 0 Å². The van der Waals surface area contributed by atoms with Crippen LogP contribution in [0.1, 0.15) is 19.3 Å². The Labute approximate surface area is 102 Å². The molecule has 2 aliphatic rings. The van der Waals surface area contributed by atoms with Crippen LogP contribution in [-0.4, -0.2) is 55.0 Å². The molecule has 2 saturated heterocycles. The number of hydrogen-bond acceptors (Lipinski definition) is 3. The summed E-state index contributed by atoms with van der Waals surface area (Å²) in [5, 5.41) is -0.426. The Kier molecular flexibility index (Phi) is 3.53. The molecule has 6 heteroatoms. The summed E-state index contributed by atoms with van der Waals surface area (Å²) in [6.45, 7) is 5.51. The SMILES string of the molecule is C=CC(=O)N1CC[C@H](S(=O)(=O)N2CCCC2)C1. The zero-order valence-electron chi connectivity index (χ0n) is 9.84. The highest BCUT2D eigenvalue weighted by Crippen LogP contribution is 2.23. The first kappa shape index (κ1) is 12.6. The van der Waals surface area contributed by atoms with Crippen molar-refractivity contribution in [1.29, 1.82) is 0 Å². The molecule has 0 unspecified atom stereocenters. The van der Waals surface area contributed by atoms with E-state index in [2.05, 4.69) is 6.58 Å². The lowest BCUT2D eigenvalue weighted by Gasteiger charge is -2.20. The molecule has 0 radical (unpaired) electrons. The van der Waals surface area contributed by atoms with Gasteiger partial charge < -0.3 is 4.90 Å². The third-order valence-corrected chi connectivity index (χ3v) is 5.79. The predicted octanol–water partition coefficient (Wildman–Crippen LogP) is 0.199. The van der Waals surface area contributed by atoms with Crippen molar-refractivity contribution < 1.29 is 13.2 Å². The number of carbonyl (C=O) groups is 1. The van der Waals surface area contributed by atoms with E-state index in [-0.39, 0.29) is 5.91 Å². The van der Waals surface area contributed by atoms with Crippen LogP contribution >= 0.6 is 0 Å². The first-order chi connectivity index (χ1) is 8.05. The van der Waals surface area contributed by atoms with Gasteiger partial charge in [0.1, 0.15) is 0 Å². The van der Waals surface area contributed by atoms with E-state index in [1.165, 1.54) is 6.08 Å². The van der Waals surface area contributed by atoms with E-state index in [1.54, 1.807) is 9.21 Å². The number of likely N-dealkylation sites (tertiary alicyclic amines) is 1. The maximum absolute atomic E-state index is 12.3. The van der Waals surface area contributed by atoms with E-state index >= 15 is 0 Å². The summed E-state index contributed by atoms with van der Waals surface area (Å²) in [6, 6.07) is 0. The Bertz CT molecular complexity index is 412. The number of nitrogens with zero attached hydrogens (tertiary/aromatic N) is 2. The van der Waals surface area contributed by atoms with E-state index in [4.69, 9.17) is 0 Å². The highest BCUT2D eigenvalue weighted by atomic mass is 32.2. The van der Waals surface area contributed by atoms with E-state index < -0.39 is 15.3 Å². The Morgan fingerprint density at radius 2 is 1.88 bits per heavy atom. The molecule has 0 aromatic carbocycles. The van der Waals surface area contributed by atoms with Crippen LogP contribution in [0.15, 0.2) is 12.7 Å². The molecule has 17 heavy (non-hydrogen) atoms. The molecule has 96 valence electrons. The molecular weight excluding hydrogens is 240 g/mol. The normalized spacial score (nSPS) is 26.4. The molecule has 0 aromatic rings. The second-order valence-electron chi connectivity index (χ2n) is 4.55. The van der Waals surface area contributed by atoms with Crippen LogP contribution in [0.5, 0.6) is 0 Å². The summed E-state index contributed by atoms with van der Waals surface area (Å²) < 4.78 is 26.1. The molecule has 2 fully saturated rings. The fourth-order valence-electron chi connectivity index (χ4n) is 2.45. The van der Waals surface area contributed by atoms with Crippen molar-refractivity contribution in [3.05, 3.63) is 12.7 Å². The second-order valence-corrected chi connectivity index (χ2v) is 6.76. The first-order valence-electron chi connectivity index (χ1n) is 5.96. The van der Waals surface area contributed by atoms with Gasteiger partial charge in [-0.05, 0) is 25.3 Å². The predicted molar refractivity (Wildman–Crippen MR) is 64.9 cm³/mol. The smallest absolute Gasteiger partial charge is 0.245 e. The average Bonchev–Trinajstić information content (AvgIpc) is 2.98. The van der Waals surface area contributed by atoms with Crippen LogP contribution in [0.3, 0.4) is 0 Å². The van der Waals surface area contributed by atoms with Crippen LogP contribution in [0.2, 0.25) is 0 Å². The zero-order valence-corrected chi connectivity index (χ0v) is 10.7. The first-order valence-corrected chi connectivity index (χ1v) is 7.46. The Balaban J connectivity index is 2.04. The van der Waals surface area contributed by atoms with Gasteiger partial charge in [-0.1, -0.05) is 6.58 Å². The second kappa shape index (κ2) is 4.78. The molecule has 0 aromatic heterocycles. The van der Waals surface area contributed by atoms with Crippen molar-refractivity contribution in [2.75, 3.05) is 26.2 Å². The number of amides is 1. The molecule has 0 N–H and O–H groups in total. The lowest BCUT2D eigenvalue weighted by molar-refractivity contribution is -0.124. The summed E-state index contributed by atoms with van der Waals surface area (Å²) in [6.07, 6.45) is 3.67. The van der Waals surface area contributed by atoms with Gasteiger partial charge >= 0.3 is 0 Å². The van der Waals surface area contributed by atoms with Crippen molar-refractivity contribution in [3.63, 3.8) is 0 Å². The maximum atomic E-state index is 12.3. The number of hydrogen-bond donors (Lipinski definition) is 0. The zero-order chi connectivity index (χ0) is 12.5. The summed E-state index contributed by atoms with van der Waals surface area (Å²) in [4.78, 5) is 13.0. The van der Waals surface area contributed by atoms with Crippen LogP contribution in [0.25, 0.3) is 0 Å². The Morgan fingerprint density at radius 3 is 2.47 bits per heavy atom. The molecule has 2 rings (SSSR count). The van der Waals surface area contributed by atoms with Gasteiger partial charge in [-0.3, -0.25) is 4.79 Å². The van der Waals surface area contributed by atoms with Crippen molar-refractivity contribution in [2.24, 2.45) is 0 Å². The number of rotatable bonds is 3. The minimum Gasteiger partial charge on any atom is -0.338 e. The van der Waals surface area contributed by atoms with E-state index in [0.717, 1.165) is 12.8 Å². The minimum absolute atomic E-state index is 0.177. The molecule has 0 aliphatic carbocycles. The molecule has 5 nitrogen and oxygen atoms in total. The summed E-state index contributed by atoms with van der Waals surface area (Å²) in [5.74, 6) is -0.177. The summed E-state index contributed by atoms with van der Waals surface area (Å²) in [5.41, 5.74) is 0. The molecule has 0 bridgehead atoms. The molecule has 2 aliphatic heterocycles. The molecule has 0 spiro atoms. The highest BCUT2D eigenvalue weighted by Gasteiger charge is 2.38. The van der Waals surface area contributed by atoms with Crippen molar-refractivity contribution in [3.8, 4) is 0 Å². The van der Waals surface area contributed by atoms with Gasteiger partial charge in [0, 0.05) is 26.2 Å². The van der Waals surface area contributed by atoms with Gasteiger partial charge in [0.2, 0.25) is 15.9 Å². The van der Waals surface area contributed by atoms with Gasteiger partial charge in [0.25, 0.3) is 0 Å². The average molecular weight is 258 g/mol. The van der Waals surface area contributed by atoms with Gasteiger partial charge in [0.05, 0.1) is 5.25 Å². The molecular formula is C11H18N2O3S. The van der Waals surface area contributed by atoms with E-state index in [0.29, 0.717) is 32.6 Å². The largest absolute Gasteiger partial charge is 0.338 e. The number of carbonyl (C=O) groups excluding carboxylic acids is 1. The third-order valence-electron chi connectivity index (χ3n) is 3.48. The van der Waals surface area contributed by atoms with Crippen LogP contribution in [-0.2, 0) is 14.8 Å². The highest BCUT2D eigenvalue weighted by molar-refractivity contribution is 7.89. The fourth-order valence-corrected chi connectivity index (χ4v) is 4.41. The van der Waals surface area contributed by atoms with E-state index in [9.17, 15) is 13.2 Å². The third kappa shape index (κ3) is 2.37. The van der Waals surface area contributed by atoms with Crippen molar-refractivity contribution in [1.82, 2.24) is 9.21 Å². The van der Waals surface area contributed by atoms with Gasteiger partial charge in [0.15, 0.2) is 0 Å². The number of sulfonamides is 1. The topological polar surface area (TPSA) is 57.7 Å². The lowest BCUT2D eigenvalue weighted by atomic mass is 10.4. The maximum Gasteiger partial charge on any atom is 0.245 e. The van der Waals surface area contributed by atoms with Gasteiger partial charge in [-0.25, -0.2) is 12.7 Å². The summed E-state index contributed by atoms with van der Waals surface area (Å²) in [7, 11) is -3.21. The Hall–Kier alpha value is -0.880. The Morgan fingerprint density at radius 1 is 1.24 bits per heavy atom. The lowest BCUT2D eigenvalue weighted by Crippen LogP contribution is -2.39. The van der Waals surface area contributed by atoms with Gasteiger partial charge in [-0.15, -0.1) is 0 Å². The van der Waals surface area contributed by atoms with Crippen molar-refractivity contribution >= 4 is 15.9 Å². The molecule has 2 heterocycles. The molecule has 1 amide bonds. The fraction of sp³-hybridized carbons (Fsp3) is 0.727. The summed E-state index contributed by atoms with van der Waals surface area (Å²) >= 11 is 0. The minimum atomic E-state index is -3.21. The van der Waals surface area contributed by atoms with Gasteiger partial charge in [-0.2, -0.15) is 0 Å². The van der Waals surface area contributed by atoms with Crippen LogP contribution in [0.4, 0.5) is 0 Å². The van der Waals surface area contributed by atoms with Crippen LogP contribution in [0, 0.1) is 0 Å². The van der Waals surface area contributed by atoms with E-state index in [1.807, 2.05) is 0 Å².